The molecular formula is C14H18N2O9. The van der Waals surface area contributed by atoms with Gasteiger partial charge in [-0.3, -0.25) is 19.2 Å². The van der Waals surface area contributed by atoms with Gasteiger partial charge in [-0.25, -0.2) is 4.79 Å². The van der Waals surface area contributed by atoms with Gasteiger partial charge < -0.3 is 30.0 Å². The topological polar surface area (TPSA) is 175 Å². The second-order valence-corrected chi connectivity index (χ2v) is 4.34. The molecule has 0 unspecified atom stereocenters. The number of aromatic amines is 1. The summed E-state index contributed by atoms with van der Waals surface area (Å²) in [5, 5.41) is 9.17. The van der Waals surface area contributed by atoms with E-state index in [1.807, 2.05) is 0 Å². The van der Waals surface area contributed by atoms with Gasteiger partial charge in [0.15, 0.2) is 5.78 Å². The molecule has 1 aromatic heterocycles. The number of esters is 3. The molecule has 0 radical (unpaired) electrons. The Hall–Kier alpha value is -3.37. The maximum absolute atomic E-state index is 11.0. The lowest BCUT2D eigenvalue weighted by Gasteiger charge is -2.04. The summed E-state index contributed by atoms with van der Waals surface area (Å²) in [6.07, 6.45) is -0.767. The average Bonchev–Trinajstić information content (AvgIpc) is 2.53. The molecule has 0 saturated carbocycles. The zero-order chi connectivity index (χ0) is 19.6. The molecule has 0 aromatic carbocycles. The number of nitrogen functional groups attached to an aromatic ring is 1. The third-order valence-electron chi connectivity index (χ3n) is 2.58. The molecule has 11 nitrogen and oxygen atoms in total. The van der Waals surface area contributed by atoms with Crippen LogP contribution in [0, 0.1) is 0 Å². The van der Waals surface area contributed by atoms with E-state index in [9.17, 15) is 29.1 Å². The summed E-state index contributed by atoms with van der Waals surface area (Å²) in [7, 11) is 3.49. The maximum atomic E-state index is 11.0. The highest BCUT2D eigenvalue weighted by molar-refractivity contribution is 6.03. The zero-order valence-corrected chi connectivity index (χ0v) is 13.8. The van der Waals surface area contributed by atoms with Crippen molar-refractivity contribution in [2.75, 3.05) is 27.1 Å². The fourth-order valence-corrected chi connectivity index (χ4v) is 1.41. The number of Topliss-reactive ketones (excluding diaryl/α,β-unsaturated/α-hetero) is 1. The third kappa shape index (κ3) is 7.63. The van der Waals surface area contributed by atoms with E-state index in [1.54, 1.807) is 0 Å². The number of rotatable bonds is 5. The van der Waals surface area contributed by atoms with Crippen LogP contribution in [0.15, 0.2) is 10.9 Å². The van der Waals surface area contributed by atoms with Gasteiger partial charge in [-0.2, -0.15) is 0 Å². The SMILES string of the molecule is COC(=O)CC(=O)CC(=O)OC.COC(=O)c1c(O)cc(=O)[nH]c1N. The van der Waals surface area contributed by atoms with Crippen LogP contribution >= 0.6 is 0 Å². The number of H-pyrrole nitrogens is 1. The Bertz CT molecular complexity index is 662. The van der Waals surface area contributed by atoms with Gasteiger partial charge in [0.25, 0.3) is 5.56 Å². The molecule has 0 fully saturated rings. The van der Waals surface area contributed by atoms with Crippen molar-refractivity contribution in [1.82, 2.24) is 4.98 Å². The van der Waals surface area contributed by atoms with Crippen molar-refractivity contribution in [3.05, 3.63) is 22.0 Å². The molecular weight excluding hydrogens is 340 g/mol. The minimum atomic E-state index is -0.800. The number of aromatic hydroxyl groups is 1. The third-order valence-corrected chi connectivity index (χ3v) is 2.58. The smallest absolute Gasteiger partial charge is 0.345 e. The summed E-state index contributed by atoms with van der Waals surface area (Å²) in [6.45, 7) is 0. The van der Waals surface area contributed by atoms with Gasteiger partial charge in [0.2, 0.25) is 0 Å². The first-order chi connectivity index (χ1) is 11.7. The molecule has 0 spiro atoms. The van der Waals surface area contributed by atoms with Gasteiger partial charge in [-0.1, -0.05) is 0 Å². The predicted octanol–water partition coefficient (Wildman–Crippen LogP) is -0.869. The molecule has 1 aromatic rings. The average molecular weight is 358 g/mol. The zero-order valence-electron chi connectivity index (χ0n) is 13.8. The Balaban J connectivity index is 0.000000463. The Labute approximate surface area is 141 Å². The molecule has 138 valence electrons. The van der Waals surface area contributed by atoms with E-state index >= 15 is 0 Å². The number of methoxy groups -OCH3 is 3. The number of nitrogens with two attached hydrogens (primary N) is 1. The molecule has 1 rings (SSSR count). The van der Waals surface area contributed by atoms with Crippen molar-refractivity contribution in [3.63, 3.8) is 0 Å². The van der Waals surface area contributed by atoms with Gasteiger partial charge >= 0.3 is 17.9 Å². The highest BCUT2D eigenvalue weighted by Gasteiger charge is 2.16. The Kier molecular flexibility index (Phi) is 9.01. The minimum absolute atomic E-state index is 0.211. The lowest BCUT2D eigenvalue weighted by Crippen LogP contribution is -2.14. The van der Waals surface area contributed by atoms with Crippen molar-refractivity contribution in [2.45, 2.75) is 12.8 Å². The van der Waals surface area contributed by atoms with Crippen LogP contribution in [-0.4, -0.2) is 55.1 Å². The van der Waals surface area contributed by atoms with Crippen LogP contribution in [0.4, 0.5) is 5.82 Å². The van der Waals surface area contributed by atoms with Crippen LogP contribution in [0.2, 0.25) is 0 Å². The largest absolute Gasteiger partial charge is 0.507 e. The number of anilines is 1. The summed E-state index contributed by atoms with van der Waals surface area (Å²) in [6, 6.07) is 0.850. The van der Waals surface area contributed by atoms with E-state index in [4.69, 9.17) is 5.73 Å². The molecule has 11 heteroatoms. The van der Waals surface area contributed by atoms with Crippen LogP contribution < -0.4 is 11.3 Å². The van der Waals surface area contributed by atoms with E-state index < -0.39 is 35.0 Å². The Morgan fingerprint density at radius 1 is 1.04 bits per heavy atom. The fraction of sp³-hybridized carbons (Fsp3) is 0.357. The van der Waals surface area contributed by atoms with Crippen molar-refractivity contribution >= 4 is 29.5 Å². The molecule has 0 aliphatic carbocycles. The number of carbonyl (C=O) groups excluding carboxylic acids is 4. The van der Waals surface area contributed by atoms with E-state index in [-0.39, 0.29) is 24.2 Å². The summed E-state index contributed by atoms with van der Waals surface area (Å²) in [5.74, 6) is -3.31. The van der Waals surface area contributed by atoms with E-state index in [0.29, 0.717) is 0 Å². The van der Waals surface area contributed by atoms with E-state index in [1.165, 1.54) is 14.2 Å². The van der Waals surface area contributed by atoms with Crippen molar-refractivity contribution in [1.29, 1.82) is 0 Å². The minimum Gasteiger partial charge on any atom is -0.507 e. The van der Waals surface area contributed by atoms with Gasteiger partial charge in [0.1, 0.15) is 30.0 Å². The normalized spacial score (nSPS) is 9.24. The number of carbonyl (C=O) groups is 4. The number of hydrogen-bond acceptors (Lipinski definition) is 10. The highest BCUT2D eigenvalue weighted by atomic mass is 16.5. The predicted molar refractivity (Wildman–Crippen MR) is 82.8 cm³/mol. The second kappa shape index (κ2) is 10.4. The lowest BCUT2D eigenvalue weighted by atomic mass is 10.2. The number of ether oxygens (including phenoxy) is 3. The van der Waals surface area contributed by atoms with Gasteiger partial charge in [-0.05, 0) is 0 Å². The van der Waals surface area contributed by atoms with Crippen LogP contribution in [0.1, 0.15) is 23.2 Å². The van der Waals surface area contributed by atoms with Crippen molar-refractivity contribution < 1.29 is 38.5 Å². The van der Waals surface area contributed by atoms with Crippen LogP contribution in [0.25, 0.3) is 0 Å². The fourth-order valence-electron chi connectivity index (χ4n) is 1.41. The summed E-state index contributed by atoms with van der Waals surface area (Å²) >= 11 is 0. The van der Waals surface area contributed by atoms with Crippen LogP contribution in [-0.2, 0) is 28.6 Å². The van der Waals surface area contributed by atoms with Crippen LogP contribution in [0.5, 0.6) is 5.75 Å². The molecule has 0 amide bonds. The maximum Gasteiger partial charge on any atom is 0.345 e. The van der Waals surface area contributed by atoms with Crippen molar-refractivity contribution in [2.24, 2.45) is 0 Å². The molecule has 1 heterocycles. The summed E-state index contributed by atoms with van der Waals surface area (Å²) < 4.78 is 12.8. The summed E-state index contributed by atoms with van der Waals surface area (Å²) in [4.78, 5) is 55.6. The quantitative estimate of drug-likeness (QED) is 0.341. The lowest BCUT2D eigenvalue weighted by molar-refractivity contribution is -0.146. The summed E-state index contributed by atoms with van der Waals surface area (Å²) in [5.41, 5.74) is 4.47. The molecule has 0 bridgehead atoms. The van der Waals surface area contributed by atoms with Gasteiger partial charge in [-0.15, -0.1) is 0 Å². The molecule has 4 N–H and O–H groups in total. The van der Waals surface area contributed by atoms with E-state index in [0.717, 1.165) is 13.2 Å². The first kappa shape index (κ1) is 21.6. The Morgan fingerprint density at radius 2 is 1.52 bits per heavy atom. The highest BCUT2D eigenvalue weighted by Crippen LogP contribution is 2.19. The molecule has 0 aliphatic heterocycles. The molecule has 0 atom stereocenters. The second-order valence-electron chi connectivity index (χ2n) is 4.34. The van der Waals surface area contributed by atoms with Gasteiger partial charge in [0.05, 0.1) is 21.3 Å². The molecule has 0 saturated heterocycles. The first-order valence-corrected chi connectivity index (χ1v) is 6.61. The number of aromatic nitrogens is 1. The number of hydrogen-bond donors (Lipinski definition) is 3. The molecule has 0 aliphatic rings. The monoisotopic (exact) mass is 358 g/mol. The molecule has 25 heavy (non-hydrogen) atoms. The van der Waals surface area contributed by atoms with Gasteiger partial charge in [0, 0.05) is 6.07 Å². The standard InChI is InChI=1S/C7H8N2O4.C7H10O5/c1-13-7(12)5-3(10)2-4(11)9-6(5)8;1-11-6(9)3-5(8)4-7(10)12-2/h2H,1H3,(H4,8,9,10,11);3-4H2,1-2H3. The number of ketones is 1. The number of nitrogens with one attached hydrogen (secondary N) is 1. The van der Waals surface area contributed by atoms with E-state index in [2.05, 4.69) is 19.2 Å². The first-order valence-electron chi connectivity index (χ1n) is 6.61. The Morgan fingerprint density at radius 3 is 1.88 bits per heavy atom. The van der Waals surface area contributed by atoms with Crippen molar-refractivity contribution in [3.8, 4) is 5.75 Å². The van der Waals surface area contributed by atoms with Crippen LogP contribution in [0.3, 0.4) is 0 Å². The number of pyridine rings is 1.